The van der Waals surface area contributed by atoms with E-state index in [1.54, 1.807) is 32.0 Å². The molecule has 1 aromatic carbocycles. The Morgan fingerprint density at radius 2 is 2.08 bits per heavy atom. The third-order valence-electron chi connectivity index (χ3n) is 1.90. The third-order valence-corrected chi connectivity index (χ3v) is 2.40. The van der Waals surface area contributed by atoms with Gasteiger partial charge in [-0.1, -0.05) is 15.9 Å². The van der Waals surface area contributed by atoms with E-state index >= 15 is 0 Å². The fourth-order valence-electron chi connectivity index (χ4n) is 1.05. The molecular formula is C9H12BrNO2. The van der Waals surface area contributed by atoms with E-state index in [0.29, 0.717) is 5.56 Å². The molecule has 0 aliphatic rings. The number of rotatable bonds is 2. The normalized spacial score (nSPS) is 11.7. The van der Waals surface area contributed by atoms with Gasteiger partial charge in [0.05, 0.1) is 0 Å². The number of phenols is 1. The maximum atomic E-state index is 9.55. The number of aromatic hydroxyl groups is 1. The molecule has 0 radical (unpaired) electrons. The van der Waals surface area contributed by atoms with Gasteiger partial charge in [0.2, 0.25) is 0 Å². The van der Waals surface area contributed by atoms with Crippen LogP contribution in [0.2, 0.25) is 0 Å². The molecule has 1 aromatic rings. The second-order valence-corrected chi connectivity index (χ2v) is 4.21. The van der Waals surface area contributed by atoms with Crippen LogP contribution >= 0.6 is 15.9 Å². The molecular weight excluding hydrogens is 234 g/mol. The van der Waals surface area contributed by atoms with E-state index in [-0.39, 0.29) is 5.75 Å². The second kappa shape index (κ2) is 3.65. The lowest BCUT2D eigenvalue weighted by Crippen LogP contribution is -2.25. The SMILES string of the molecule is CC(C)(ON)c1cc(Br)ccc1O. The van der Waals surface area contributed by atoms with Gasteiger partial charge in [-0.05, 0) is 32.0 Å². The molecule has 0 aliphatic heterocycles. The Kier molecular flexibility index (Phi) is 2.95. The van der Waals surface area contributed by atoms with E-state index in [2.05, 4.69) is 15.9 Å². The zero-order valence-electron chi connectivity index (χ0n) is 7.54. The Labute approximate surface area is 85.6 Å². The largest absolute Gasteiger partial charge is 0.508 e. The molecule has 0 saturated carbocycles. The van der Waals surface area contributed by atoms with Crippen molar-refractivity contribution in [1.82, 2.24) is 0 Å². The molecule has 4 heteroatoms. The van der Waals surface area contributed by atoms with Gasteiger partial charge in [-0.3, -0.25) is 4.84 Å². The number of hydrogen-bond donors (Lipinski definition) is 2. The van der Waals surface area contributed by atoms with Crippen LogP contribution in [0.4, 0.5) is 0 Å². The molecule has 0 bridgehead atoms. The van der Waals surface area contributed by atoms with Gasteiger partial charge in [0.1, 0.15) is 11.4 Å². The van der Waals surface area contributed by atoms with Gasteiger partial charge >= 0.3 is 0 Å². The van der Waals surface area contributed by atoms with Crippen LogP contribution in [0.25, 0.3) is 0 Å². The summed E-state index contributed by atoms with van der Waals surface area (Å²) in [7, 11) is 0. The van der Waals surface area contributed by atoms with Gasteiger partial charge in [0.15, 0.2) is 0 Å². The van der Waals surface area contributed by atoms with Crippen molar-refractivity contribution in [2.24, 2.45) is 5.90 Å². The number of phenolic OH excluding ortho intramolecular Hbond substituents is 1. The summed E-state index contributed by atoms with van der Waals surface area (Å²) in [4.78, 5) is 4.78. The van der Waals surface area contributed by atoms with E-state index in [0.717, 1.165) is 4.47 Å². The highest BCUT2D eigenvalue weighted by Crippen LogP contribution is 2.32. The van der Waals surface area contributed by atoms with Crippen molar-refractivity contribution in [3.05, 3.63) is 28.2 Å². The molecule has 0 saturated heterocycles. The maximum absolute atomic E-state index is 9.55. The van der Waals surface area contributed by atoms with Crippen molar-refractivity contribution in [2.75, 3.05) is 0 Å². The minimum atomic E-state index is -0.687. The zero-order valence-corrected chi connectivity index (χ0v) is 9.13. The predicted octanol–water partition coefficient (Wildman–Crippen LogP) is 2.28. The average molecular weight is 246 g/mol. The smallest absolute Gasteiger partial charge is 0.121 e. The van der Waals surface area contributed by atoms with Gasteiger partial charge in [0, 0.05) is 10.0 Å². The van der Waals surface area contributed by atoms with Crippen LogP contribution in [0.15, 0.2) is 22.7 Å². The van der Waals surface area contributed by atoms with Crippen molar-refractivity contribution >= 4 is 15.9 Å². The first-order chi connectivity index (χ1) is 5.97. The quantitative estimate of drug-likeness (QED) is 0.787. The first-order valence-corrected chi connectivity index (χ1v) is 4.63. The van der Waals surface area contributed by atoms with Gasteiger partial charge in [-0.2, -0.15) is 0 Å². The minimum absolute atomic E-state index is 0.179. The molecule has 72 valence electrons. The van der Waals surface area contributed by atoms with Gasteiger partial charge in [-0.15, -0.1) is 0 Å². The van der Waals surface area contributed by atoms with E-state index in [1.807, 2.05) is 0 Å². The lowest BCUT2D eigenvalue weighted by molar-refractivity contribution is -0.0250. The number of nitrogens with two attached hydrogens (primary N) is 1. The fourth-order valence-corrected chi connectivity index (χ4v) is 1.42. The lowest BCUT2D eigenvalue weighted by Gasteiger charge is -2.23. The van der Waals surface area contributed by atoms with Crippen LogP contribution in [0.1, 0.15) is 19.4 Å². The lowest BCUT2D eigenvalue weighted by atomic mass is 9.97. The summed E-state index contributed by atoms with van der Waals surface area (Å²) in [6.07, 6.45) is 0. The van der Waals surface area contributed by atoms with Crippen molar-refractivity contribution in [3.8, 4) is 5.75 Å². The van der Waals surface area contributed by atoms with Gasteiger partial charge in [-0.25, -0.2) is 5.90 Å². The number of benzene rings is 1. The molecule has 0 aromatic heterocycles. The summed E-state index contributed by atoms with van der Waals surface area (Å²) in [6.45, 7) is 3.57. The molecule has 0 spiro atoms. The topological polar surface area (TPSA) is 55.5 Å². The first-order valence-electron chi connectivity index (χ1n) is 3.84. The molecule has 1 rings (SSSR count). The molecule has 0 aliphatic carbocycles. The Morgan fingerprint density at radius 3 is 2.62 bits per heavy atom. The van der Waals surface area contributed by atoms with Gasteiger partial charge in [0.25, 0.3) is 0 Å². The Balaban J connectivity index is 3.20. The van der Waals surface area contributed by atoms with Crippen LogP contribution in [0, 0.1) is 0 Å². The van der Waals surface area contributed by atoms with E-state index < -0.39 is 5.60 Å². The standard InChI is InChI=1S/C9H12BrNO2/c1-9(2,13-11)7-5-6(10)3-4-8(7)12/h3-5,12H,11H2,1-2H3. The molecule has 3 nitrogen and oxygen atoms in total. The van der Waals surface area contributed by atoms with Crippen molar-refractivity contribution < 1.29 is 9.94 Å². The summed E-state index contributed by atoms with van der Waals surface area (Å²) < 4.78 is 0.880. The first kappa shape index (κ1) is 10.5. The molecule has 0 atom stereocenters. The van der Waals surface area contributed by atoms with Crippen molar-refractivity contribution in [3.63, 3.8) is 0 Å². The van der Waals surface area contributed by atoms with Crippen LogP contribution in [0.5, 0.6) is 5.75 Å². The molecule has 13 heavy (non-hydrogen) atoms. The monoisotopic (exact) mass is 245 g/mol. The number of halogens is 1. The van der Waals surface area contributed by atoms with E-state index in [4.69, 9.17) is 10.7 Å². The zero-order chi connectivity index (χ0) is 10.1. The average Bonchev–Trinajstić information content (AvgIpc) is 2.09. The fraction of sp³-hybridized carbons (Fsp3) is 0.333. The minimum Gasteiger partial charge on any atom is -0.508 e. The highest BCUT2D eigenvalue weighted by atomic mass is 79.9. The van der Waals surface area contributed by atoms with Crippen LogP contribution < -0.4 is 5.90 Å². The molecule has 3 N–H and O–H groups in total. The summed E-state index contributed by atoms with van der Waals surface area (Å²) in [6, 6.07) is 5.13. The molecule has 0 fully saturated rings. The summed E-state index contributed by atoms with van der Waals surface area (Å²) in [5, 5.41) is 9.55. The molecule has 0 heterocycles. The Hall–Kier alpha value is -0.580. The van der Waals surface area contributed by atoms with E-state index in [9.17, 15) is 5.11 Å². The maximum Gasteiger partial charge on any atom is 0.121 e. The van der Waals surface area contributed by atoms with Crippen LogP contribution in [0.3, 0.4) is 0 Å². The van der Waals surface area contributed by atoms with Crippen molar-refractivity contribution in [1.29, 1.82) is 0 Å². The van der Waals surface area contributed by atoms with Crippen LogP contribution in [-0.2, 0) is 10.4 Å². The Bertz CT molecular complexity index is 312. The van der Waals surface area contributed by atoms with Crippen molar-refractivity contribution in [2.45, 2.75) is 19.4 Å². The van der Waals surface area contributed by atoms with Gasteiger partial charge < -0.3 is 5.11 Å². The summed E-state index contributed by atoms with van der Waals surface area (Å²) >= 11 is 3.31. The molecule has 0 amide bonds. The highest BCUT2D eigenvalue weighted by molar-refractivity contribution is 9.10. The molecule has 0 unspecified atom stereocenters. The summed E-state index contributed by atoms with van der Waals surface area (Å²) in [5.41, 5.74) is -0.0298. The number of hydrogen-bond acceptors (Lipinski definition) is 3. The van der Waals surface area contributed by atoms with Crippen LogP contribution in [-0.4, -0.2) is 5.11 Å². The third kappa shape index (κ3) is 2.21. The highest BCUT2D eigenvalue weighted by Gasteiger charge is 2.24. The predicted molar refractivity (Wildman–Crippen MR) is 54.1 cm³/mol. The second-order valence-electron chi connectivity index (χ2n) is 3.29. The summed E-state index contributed by atoms with van der Waals surface area (Å²) in [5.74, 6) is 5.31. The Morgan fingerprint density at radius 1 is 1.46 bits per heavy atom. The van der Waals surface area contributed by atoms with E-state index in [1.165, 1.54) is 0 Å².